The molecule has 0 bridgehead atoms. The minimum atomic E-state index is -0.516. The Balaban J connectivity index is 1.90. The third-order valence-corrected chi connectivity index (χ3v) is 3.73. The van der Waals surface area contributed by atoms with Crippen LogP contribution in [0.4, 0.5) is 5.13 Å². The van der Waals surface area contributed by atoms with E-state index in [4.69, 9.17) is 0 Å². The van der Waals surface area contributed by atoms with Crippen molar-refractivity contribution in [2.45, 2.75) is 0 Å². The fourth-order valence-electron chi connectivity index (χ4n) is 1.80. The first-order chi connectivity index (χ1) is 9.65. The van der Waals surface area contributed by atoms with Crippen LogP contribution in [-0.4, -0.2) is 21.1 Å². The van der Waals surface area contributed by atoms with E-state index in [0.29, 0.717) is 5.13 Å². The van der Waals surface area contributed by atoms with Crippen LogP contribution in [0.1, 0.15) is 10.4 Å². The summed E-state index contributed by atoms with van der Waals surface area (Å²) in [5, 5.41) is 22.1. The zero-order valence-corrected chi connectivity index (χ0v) is 11.0. The summed E-state index contributed by atoms with van der Waals surface area (Å²) >= 11 is 1.34. The number of hydrogen-bond acceptors (Lipinski definition) is 5. The van der Waals surface area contributed by atoms with Crippen molar-refractivity contribution in [3.8, 4) is 11.5 Å². The van der Waals surface area contributed by atoms with Crippen LogP contribution in [0.25, 0.3) is 10.2 Å². The summed E-state index contributed by atoms with van der Waals surface area (Å²) in [7, 11) is 0. The van der Waals surface area contributed by atoms with E-state index >= 15 is 0 Å². The summed E-state index contributed by atoms with van der Waals surface area (Å²) in [5.41, 5.74) is 0.803. The summed E-state index contributed by atoms with van der Waals surface area (Å²) in [4.78, 5) is 16.3. The number of thiazole rings is 1. The molecule has 0 saturated heterocycles. The Bertz CT molecular complexity index is 765. The molecule has 3 N–H and O–H groups in total. The first-order valence-electron chi connectivity index (χ1n) is 5.83. The van der Waals surface area contributed by atoms with Gasteiger partial charge in [0.15, 0.2) is 16.6 Å². The minimum absolute atomic E-state index is 0.00394. The maximum absolute atomic E-state index is 12.0. The molecular weight excluding hydrogens is 276 g/mol. The standard InChI is InChI=1S/C14H10N2O3S/c17-10-6-3-4-8(12(10)18)13(19)16-14-15-9-5-1-2-7-11(9)20-14/h1-7,17-18H,(H,15,16,19). The molecule has 0 atom stereocenters. The molecule has 100 valence electrons. The van der Waals surface area contributed by atoms with Crippen molar-refractivity contribution in [3.63, 3.8) is 0 Å². The molecule has 0 unspecified atom stereocenters. The highest BCUT2D eigenvalue weighted by Crippen LogP contribution is 2.30. The van der Waals surface area contributed by atoms with E-state index in [1.165, 1.54) is 29.5 Å². The van der Waals surface area contributed by atoms with E-state index in [-0.39, 0.29) is 11.3 Å². The van der Waals surface area contributed by atoms with Gasteiger partial charge in [-0.2, -0.15) is 0 Å². The molecule has 0 spiro atoms. The lowest BCUT2D eigenvalue weighted by molar-refractivity contribution is 0.102. The van der Waals surface area contributed by atoms with Crippen molar-refractivity contribution in [2.75, 3.05) is 5.32 Å². The maximum Gasteiger partial charge on any atom is 0.261 e. The number of carbonyl (C=O) groups excluding carboxylic acids is 1. The fourth-order valence-corrected chi connectivity index (χ4v) is 2.67. The van der Waals surface area contributed by atoms with Crippen molar-refractivity contribution in [1.29, 1.82) is 0 Å². The molecule has 1 heterocycles. The van der Waals surface area contributed by atoms with Crippen molar-refractivity contribution >= 4 is 32.6 Å². The molecule has 0 aliphatic carbocycles. The van der Waals surface area contributed by atoms with Gasteiger partial charge in [-0.05, 0) is 24.3 Å². The van der Waals surface area contributed by atoms with E-state index in [0.717, 1.165) is 10.2 Å². The second-order valence-corrected chi connectivity index (χ2v) is 5.14. The van der Waals surface area contributed by atoms with Gasteiger partial charge in [-0.25, -0.2) is 4.98 Å². The summed E-state index contributed by atoms with van der Waals surface area (Å²) in [6.07, 6.45) is 0. The molecule has 0 aliphatic heterocycles. The zero-order chi connectivity index (χ0) is 14.1. The van der Waals surface area contributed by atoms with Gasteiger partial charge in [0, 0.05) is 0 Å². The third kappa shape index (κ3) is 2.17. The van der Waals surface area contributed by atoms with Crippen molar-refractivity contribution < 1.29 is 15.0 Å². The van der Waals surface area contributed by atoms with Crippen LogP contribution in [-0.2, 0) is 0 Å². The van der Waals surface area contributed by atoms with Crippen molar-refractivity contribution in [3.05, 3.63) is 48.0 Å². The predicted molar refractivity (Wildman–Crippen MR) is 77.3 cm³/mol. The first-order valence-corrected chi connectivity index (χ1v) is 6.64. The highest BCUT2D eigenvalue weighted by Gasteiger charge is 2.15. The van der Waals surface area contributed by atoms with Crippen LogP contribution in [0.3, 0.4) is 0 Å². The number of anilines is 1. The average Bonchev–Trinajstić information content (AvgIpc) is 2.83. The number of phenols is 2. The van der Waals surface area contributed by atoms with Gasteiger partial charge in [0.25, 0.3) is 5.91 Å². The molecule has 0 radical (unpaired) electrons. The molecular formula is C14H10N2O3S. The lowest BCUT2D eigenvalue weighted by Crippen LogP contribution is -2.11. The molecule has 2 aromatic carbocycles. The largest absolute Gasteiger partial charge is 0.504 e. The molecule has 1 aromatic heterocycles. The zero-order valence-electron chi connectivity index (χ0n) is 10.2. The monoisotopic (exact) mass is 286 g/mol. The van der Waals surface area contributed by atoms with Gasteiger partial charge in [-0.1, -0.05) is 29.5 Å². The number of hydrogen-bond donors (Lipinski definition) is 3. The molecule has 3 aromatic rings. The molecule has 0 fully saturated rings. The Morgan fingerprint density at radius 2 is 1.90 bits per heavy atom. The Labute approximate surface area is 118 Å². The first kappa shape index (κ1) is 12.4. The van der Waals surface area contributed by atoms with Crippen LogP contribution in [0.5, 0.6) is 11.5 Å². The highest BCUT2D eigenvalue weighted by atomic mass is 32.1. The number of nitrogens with one attached hydrogen (secondary N) is 1. The number of phenolic OH excluding ortho intramolecular Hbond substituents is 2. The summed E-state index contributed by atoms with van der Waals surface area (Å²) in [6, 6.07) is 11.8. The van der Waals surface area contributed by atoms with Gasteiger partial charge >= 0.3 is 0 Å². The van der Waals surface area contributed by atoms with Gasteiger partial charge in [-0.15, -0.1) is 0 Å². The molecule has 20 heavy (non-hydrogen) atoms. The third-order valence-electron chi connectivity index (χ3n) is 2.77. The molecule has 0 saturated carbocycles. The van der Waals surface area contributed by atoms with Crippen molar-refractivity contribution in [1.82, 2.24) is 4.98 Å². The van der Waals surface area contributed by atoms with Crippen LogP contribution >= 0.6 is 11.3 Å². The quantitative estimate of drug-likeness (QED) is 0.632. The van der Waals surface area contributed by atoms with E-state index in [1.807, 2.05) is 24.3 Å². The molecule has 0 aliphatic rings. The highest BCUT2D eigenvalue weighted by molar-refractivity contribution is 7.22. The van der Waals surface area contributed by atoms with E-state index in [2.05, 4.69) is 10.3 Å². The number of aromatic hydroxyl groups is 2. The molecule has 6 heteroatoms. The number of fused-ring (bicyclic) bond motifs is 1. The second-order valence-electron chi connectivity index (χ2n) is 4.11. The second kappa shape index (κ2) is 4.82. The van der Waals surface area contributed by atoms with Crippen LogP contribution < -0.4 is 5.32 Å². The topological polar surface area (TPSA) is 82.5 Å². The van der Waals surface area contributed by atoms with Gasteiger partial charge < -0.3 is 10.2 Å². The molecule has 1 amide bonds. The SMILES string of the molecule is O=C(Nc1nc2ccccc2s1)c1cccc(O)c1O. The van der Waals surface area contributed by atoms with Crippen LogP contribution in [0, 0.1) is 0 Å². The predicted octanol–water partition coefficient (Wildman–Crippen LogP) is 2.96. The van der Waals surface area contributed by atoms with Crippen molar-refractivity contribution in [2.24, 2.45) is 0 Å². The van der Waals surface area contributed by atoms with E-state index < -0.39 is 11.7 Å². The van der Waals surface area contributed by atoms with Gasteiger partial charge in [0.05, 0.1) is 15.8 Å². The van der Waals surface area contributed by atoms with Gasteiger partial charge in [0.1, 0.15) is 0 Å². The van der Waals surface area contributed by atoms with E-state index in [9.17, 15) is 15.0 Å². The van der Waals surface area contributed by atoms with E-state index in [1.54, 1.807) is 0 Å². The van der Waals surface area contributed by atoms with Gasteiger partial charge in [0.2, 0.25) is 0 Å². The number of aromatic nitrogens is 1. The maximum atomic E-state index is 12.0. The summed E-state index contributed by atoms with van der Waals surface area (Å²) < 4.78 is 0.961. The number of nitrogens with zero attached hydrogens (tertiary/aromatic N) is 1. The Morgan fingerprint density at radius 3 is 2.70 bits per heavy atom. The number of carbonyl (C=O) groups is 1. The Hall–Kier alpha value is -2.60. The number of rotatable bonds is 2. The average molecular weight is 286 g/mol. The lowest BCUT2D eigenvalue weighted by atomic mass is 10.2. The van der Waals surface area contributed by atoms with Gasteiger partial charge in [-0.3, -0.25) is 10.1 Å². The Morgan fingerprint density at radius 1 is 1.10 bits per heavy atom. The minimum Gasteiger partial charge on any atom is -0.504 e. The van der Waals surface area contributed by atoms with Crippen LogP contribution in [0.15, 0.2) is 42.5 Å². The molecule has 3 rings (SSSR count). The molecule has 5 nitrogen and oxygen atoms in total. The fraction of sp³-hybridized carbons (Fsp3) is 0. The number of amides is 1. The lowest BCUT2D eigenvalue weighted by Gasteiger charge is -2.05. The number of para-hydroxylation sites is 2. The normalized spacial score (nSPS) is 10.6. The Kier molecular flexibility index (Phi) is 3.00. The van der Waals surface area contributed by atoms with Crippen LogP contribution in [0.2, 0.25) is 0 Å². The summed E-state index contributed by atoms with van der Waals surface area (Å²) in [6.45, 7) is 0. The summed E-state index contributed by atoms with van der Waals surface area (Å²) in [5.74, 6) is -1.29. The smallest absolute Gasteiger partial charge is 0.261 e. The number of benzene rings is 2.